The summed E-state index contributed by atoms with van der Waals surface area (Å²) in [6.07, 6.45) is 1.74. The minimum absolute atomic E-state index is 0.120. The average molecular weight is 359 g/mol. The molecule has 1 aromatic heterocycles. The summed E-state index contributed by atoms with van der Waals surface area (Å²) in [4.78, 5) is 13.1. The van der Waals surface area contributed by atoms with E-state index >= 15 is 0 Å². The second-order valence-corrected chi connectivity index (χ2v) is 6.27. The number of rotatable bonds is 3. The van der Waals surface area contributed by atoms with Crippen LogP contribution in [0.25, 0.3) is 17.3 Å². The van der Waals surface area contributed by atoms with Crippen LogP contribution in [0.1, 0.15) is 5.56 Å². The van der Waals surface area contributed by atoms with Gasteiger partial charge in [-0.05, 0) is 23.8 Å². The predicted octanol–water partition coefficient (Wildman–Crippen LogP) is 1.93. The van der Waals surface area contributed by atoms with Crippen molar-refractivity contribution in [3.8, 4) is 23.6 Å². The summed E-state index contributed by atoms with van der Waals surface area (Å²) in [5.41, 5.74) is 0.925. The summed E-state index contributed by atoms with van der Waals surface area (Å²) in [7, 11) is 1.51. The summed E-state index contributed by atoms with van der Waals surface area (Å²) in [5.74, 6) is 0.482. The fourth-order valence-corrected chi connectivity index (χ4v) is 3.55. The van der Waals surface area contributed by atoms with Crippen LogP contribution in [0.5, 0.6) is 5.75 Å². The molecule has 0 radical (unpaired) electrons. The van der Waals surface area contributed by atoms with E-state index in [1.165, 1.54) is 11.7 Å². The molecule has 0 aliphatic heterocycles. The minimum atomic E-state index is -0.304. The van der Waals surface area contributed by atoms with Gasteiger partial charge >= 0.3 is 0 Å². The molecule has 0 fully saturated rings. The van der Waals surface area contributed by atoms with Crippen LogP contribution < -0.4 is 19.5 Å². The van der Waals surface area contributed by atoms with Gasteiger partial charge in [-0.1, -0.05) is 42.5 Å². The molecule has 3 rings (SSSR count). The third-order valence-corrected chi connectivity index (χ3v) is 4.78. The van der Waals surface area contributed by atoms with Crippen LogP contribution in [0.4, 0.5) is 0 Å². The first-order chi connectivity index (χ1) is 12.7. The highest BCUT2D eigenvalue weighted by Gasteiger charge is 2.14. The summed E-state index contributed by atoms with van der Waals surface area (Å²) in [6, 6.07) is 20.1. The molecule has 126 valence electrons. The topological polar surface area (TPSA) is 78.8 Å². The van der Waals surface area contributed by atoms with Gasteiger partial charge < -0.3 is 4.74 Å². The third kappa shape index (κ3) is 3.14. The fourth-order valence-electron chi connectivity index (χ4n) is 2.50. The number of methoxy groups -OCH3 is 1. The lowest BCUT2D eigenvalue weighted by Gasteiger charge is -2.08. The Balaban J connectivity index is 2.44. The average Bonchev–Trinajstić information content (AvgIpc) is 2.99. The van der Waals surface area contributed by atoms with Gasteiger partial charge in [0.25, 0.3) is 5.56 Å². The van der Waals surface area contributed by atoms with Crippen LogP contribution in [-0.4, -0.2) is 11.7 Å². The molecule has 0 amide bonds. The van der Waals surface area contributed by atoms with E-state index in [0.717, 1.165) is 16.9 Å². The van der Waals surface area contributed by atoms with E-state index in [-0.39, 0.29) is 15.8 Å². The zero-order valence-electron chi connectivity index (χ0n) is 13.8. The lowest BCUT2D eigenvalue weighted by Crippen LogP contribution is -2.31. The van der Waals surface area contributed by atoms with Crippen LogP contribution in [0.2, 0.25) is 0 Å². The van der Waals surface area contributed by atoms with Crippen molar-refractivity contribution in [2.75, 3.05) is 7.11 Å². The molecule has 3 aromatic rings. The summed E-state index contributed by atoms with van der Waals surface area (Å²) >= 11 is 1.11. The van der Waals surface area contributed by atoms with E-state index < -0.39 is 0 Å². The molecule has 0 N–H and O–H groups in total. The monoisotopic (exact) mass is 359 g/mol. The van der Waals surface area contributed by atoms with Gasteiger partial charge in [-0.3, -0.25) is 9.36 Å². The smallest absolute Gasteiger partial charge is 0.273 e. The number of para-hydroxylation sites is 2. The fraction of sp³-hybridized carbons (Fsp3) is 0.0500. The molecule has 2 aromatic carbocycles. The molecule has 0 spiro atoms. The molecule has 1 heterocycles. The molecular formula is C20H13N3O2S. The van der Waals surface area contributed by atoms with Gasteiger partial charge in [-0.15, -0.1) is 11.3 Å². The van der Waals surface area contributed by atoms with Crippen molar-refractivity contribution in [2.24, 2.45) is 0 Å². The highest BCUT2D eigenvalue weighted by Crippen LogP contribution is 2.19. The summed E-state index contributed by atoms with van der Waals surface area (Å²) in [6.45, 7) is 0. The molecule has 0 saturated heterocycles. The zero-order valence-corrected chi connectivity index (χ0v) is 14.7. The SMILES string of the molecule is COc1ccccc1-n1c(=C(C#N)C#N)s/c(=C\c2ccccc2)c1=O. The quantitative estimate of drug-likeness (QED) is 0.716. The zero-order chi connectivity index (χ0) is 18.5. The lowest BCUT2D eigenvalue weighted by atomic mass is 10.2. The van der Waals surface area contributed by atoms with E-state index in [1.807, 2.05) is 42.5 Å². The summed E-state index contributed by atoms with van der Waals surface area (Å²) in [5, 5.41) is 18.6. The molecule has 0 atom stereocenters. The maximum absolute atomic E-state index is 13.1. The third-order valence-electron chi connectivity index (χ3n) is 3.68. The van der Waals surface area contributed by atoms with Crippen LogP contribution in [0, 0.1) is 22.7 Å². The Labute approximate surface area is 153 Å². The number of hydrogen-bond donors (Lipinski definition) is 0. The molecule has 6 heteroatoms. The van der Waals surface area contributed by atoms with Gasteiger partial charge in [-0.2, -0.15) is 10.5 Å². The Kier molecular flexibility index (Phi) is 4.98. The van der Waals surface area contributed by atoms with Crippen molar-refractivity contribution in [1.29, 1.82) is 10.5 Å². The van der Waals surface area contributed by atoms with E-state index in [9.17, 15) is 15.3 Å². The number of thiazole rings is 1. The van der Waals surface area contributed by atoms with Crippen LogP contribution >= 0.6 is 11.3 Å². The van der Waals surface area contributed by atoms with Crippen molar-refractivity contribution in [3.05, 3.63) is 79.7 Å². The number of ether oxygens (including phenoxy) is 1. The first-order valence-corrected chi connectivity index (χ1v) is 8.47. The Morgan fingerprint density at radius 3 is 2.38 bits per heavy atom. The van der Waals surface area contributed by atoms with Gasteiger partial charge in [0, 0.05) is 0 Å². The van der Waals surface area contributed by atoms with Crippen LogP contribution in [0.15, 0.2) is 59.4 Å². The van der Waals surface area contributed by atoms with E-state index in [1.54, 1.807) is 30.3 Å². The second kappa shape index (κ2) is 7.52. The Morgan fingerprint density at radius 2 is 1.73 bits per heavy atom. The van der Waals surface area contributed by atoms with Crippen molar-refractivity contribution < 1.29 is 4.74 Å². The van der Waals surface area contributed by atoms with Crippen LogP contribution in [-0.2, 0) is 0 Å². The van der Waals surface area contributed by atoms with Gasteiger partial charge in [0.1, 0.15) is 22.6 Å². The van der Waals surface area contributed by atoms with Crippen molar-refractivity contribution in [3.63, 3.8) is 0 Å². The maximum Gasteiger partial charge on any atom is 0.273 e. The van der Waals surface area contributed by atoms with Gasteiger partial charge in [-0.25, -0.2) is 0 Å². The van der Waals surface area contributed by atoms with Gasteiger partial charge in [0.05, 0.1) is 17.3 Å². The van der Waals surface area contributed by atoms with E-state index in [4.69, 9.17) is 4.74 Å². The number of benzene rings is 2. The highest BCUT2D eigenvalue weighted by atomic mass is 32.1. The number of nitriles is 2. The molecule has 0 saturated carbocycles. The van der Waals surface area contributed by atoms with Crippen molar-refractivity contribution in [1.82, 2.24) is 4.57 Å². The van der Waals surface area contributed by atoms with Gasteiger partial charge in [0.2, 0.25) is 0 Å². The Bertz CT molecular complexity index is 1190. The molecule has 0 aliphatic rings. The highest BCUT2D eigenvalue weighted by molar-refractivity contribution is 7.07. The number of nitrogens with zero attached hydrogens (tertiary/aromatic N) is 3. The molecule has 26 heavy (non-hydrogen) atoms. The number of aromatic nitrogens is 1. The Morgan fingerprint density at radius 1 is 1.08 bits per heavy atom. The van der Waals surface area contributed by atoms with Crippen molar-refractivity contribution in [2.45, 2.75) is 0 Å². The molecule has 5 nitrogen and oxygen atoms in total. The first kappa shape index (κ1) is 17.2. The maximum atomic E-state index is 13.1. The first-order valence-electron chi connectivity index (χ1n) is 7.66. The minimum Gasteiger partial charge on any atom is -0.495 e. The largest absolute Gasteiger partial charge is 0.495 e. The number of hydrogen-bond acceptors (Lipinski definition) is 5. The molecule has 0 aliphatic carbocycles. The van der Waals surface area contributed by atoms with E-state index in [0.29, 0.717) is 16.0 Å². The summed E-state index contributed by atoms with van der Waals surface area (Å²) < 4.78 is 7.42. The van der Waals surface area contributed by atoms with Crippen molar-refractivity contribution >= 4 is 23.0 Å². The van der Waals surface area contributed by atoms with Gasteiger partial charge in [0.15, 0.2) is 5.57 Å². The standard InChI is InChI=1S/C20H13N3O2S/c1-25-17-10-6-5-9-16(17)23-19(24)18(11-14-7-3-2-4-8-14)26-20(23)15(12-21)13-22/h2-11H,1H3/b18-11-. The van der Waals surface area contributed by atoms with E-state index in [2.05, 4.69) is 0 Å². The molecule has 0 unspecified atom stereocenters. The second-order valence-electron chi connectivity index (χ2n) is 5.24. The normalized spacial score (nSPS) is 10.8. The predicted molar refractivity (Wildman–Crippen MR) is 100 cm³/mol. The molecular weight excluding hydrogens is 346 g/mol. The lowest BCUT2D eigenvalue weighted by molar-refractivity contribution is 0.412. The molecule has 0 bridgehead atoms. The Hall–Kier alpha value is -3.61. The van der Waals surface area contributed by atoms with Crippen LogP contribution in [0.3, 0.4) is 0 Å².